The lowest BCUT2D eigenvalue weighted by molar-refractivity contribution is 0.314. The summed E-state index contributed by atoms with van der Waals surface area (Å²) in [5.74, 6) is 0.971. The molecular formula is C17H21NO. The van der Waals surface area contributed by atoms with Gasteiger partial charge in [0, 0.05) is 12.2 Å². The molecule has 0 saturated heterocycles. The number of anilines is 1. The van der Waals surface area contributed by atoms with E-state index in [1.165, 1.54) is 5.56 Å². The molecular weight excluding hydrogens is 234 g/mol. The van der Waals surface area contributed by atoms with Crippen molar-refractivity contribution < 1.29 is 4.74 Å². The van der Waals surface area contributed by atoms with Crippen LogP contribution in [0.3, 0.4) is 0 Å². The molecule has 0 spiro atoms. The minimum atomic E-state index is 0.743. The van der Waals surface area contributed by atoms with E-state index in [-0.39, 0.29) is 0 Å². The Balaban J connectivity index is 1.66. The smallest absolute Gasteiger partial charge is 0.119 e. The summed E-state index contributed by atoms with van der Waals surface area (Å²) in [6.45, 7) is 3.83. The van der Waals surface area contributed by atoms with Gasteiger partial charge in [-0.25, -0.2) is 0 Å². The van der Waals surface area contributed by atoms with Crippen molar-refractivity contribution in [3.63, 3.8) is 0 Å². The predicted molar refractivity (Wildman–Crippen MR) is 80.9 cm³/mol. The fourth-order valence-electron chi connectivity index (χ4n) is 1.91. The molecule has 0 amide bonds. The van der Waals surface area contributed by atoms with Gasteiger partial charge in [-0.3, -0.25) is 0 Å². The van der Waals surface area contributed by atoms with Crippen LogP contribution in [0.15, 0.2) is 54.6 Å². The molecule has 2 nitrogen and oxygen atoms in total. The summed E-state index contributed by atoms with van der Waals surface area (Å²) in [6, 6.07) is 18.6. The number of benzene rings is 2. The van der Waals surface area contributed by atoms with Crippen molar-refractivity contribution in [2.24, 2.45) is 0 Å². The van der Waals surface area contributed by atoms with Gasteiger partial charge in [0.1, 0.15) is 5.75 Å². The summed E-state index contributed by atoms with van der Waals surface area (Å²) in [5, 5.41) is 3.37. The zero-order valence-corrected chi connectivity index (χ0v) is 11.4. The van der Waals surface area contributed by atoms with Crippen LogP contribution < -0.4 is 10.1 Å². The first-order valence-electron chi connectivity index (χ1n) is 6.89. The van der Waals surface area contributed by atoms with Gasteiger partial charge in [-0.05, 0) is 42.7 Å². The van der Waals surface area contributed by atoms with Gasteiger partial charge in [-0.1, -0.05) is 37.3 Å². The van der Waals surface area contributed by atoms with Crippen LogP contribution >= 0.6 is 0 Å². The fourth-order valence-corrected chi connectivity index (χ4v) is 1.91. The van der Waals surface area contributed by atoms with Gasteiger partial charge in [0.2, 0.25) is 0 Å². The van der Waals surface area contributed by atoms with Crippen molar-refractivity contribution >= 4 is 5.69 Å². The highest BCUT2D eigenvalue weighted by molar-refractivity contribution is 5.42. The molecule has 0 bridgehead atoms. The Morgan fingerprint density at radius 1 is 1.00 bits per heavy atom. The first-order valence-corrected chi connectivity index (χ1v) is 6.89. The van der Waals surface area contributed by atoms with Crippen molar-refractivity contribution in [3.05, 3.63) is 60.2 Å². The summed E-state index contributed by atoms with van der Waals surface area (Å²) >= 11 is 0. The quantitative estimate of drug-likeness (QED) is 0.751. The molecule has 0 radical (unpaired) electrons. The minimum Gasteiger partial charge on any atom is -0.494 e. The van der Waals surface area contributed by atoms with E-state index < -0.39 is 0 Å². The molecule has 1 N–H and O–H groups in total. The lowest BCUT2D eigenvalue weighted by Gasteiger charge is -2.09. The zero-order valence-electron chi connectivity index (χ0n) is 11.4. The molecule has 0 aromatic heterocycles. The van der Waals surface area contributed by atoms with Gasteiger partial charge in [-0.15, -0.1) is 0 Å². The second kappa shape index (κ2) is 7.47. The van der Waals surface area contributed by atoms with Crippen LogP contribution in [-0.2, 0) is 6.42 Å². The summed E-state index contributed by atoms with van der Waals surface area (Å²) in [5.41, 5.74) is 2.48. The minimum absolute atomic E-state index is 0.743. The standard InChI is InChI=1S/C17H21NO/c1-2-15-8-6-11-17(14-15)19-13-7-12-18-16-9-4-3-5-10-16/h3-6,8-11,14,18H,2,7,12-13H2,1H3. The van der Waals surface area contributed by atoms with Crippen molar-refractivity contribution in [2.75, 3.05) is 18.5 Å². The molecule has 0 unspecified atom stereocenters. The van der Waals surface area contributed by atoms with E-state index in [2.05, 4.69) is 42.6 Å². The SMILES string of the molecule is CCc1cccc(OCCCNc2ccccc2)c1. The Bertz CT molecular complexity index is 482. The van der Waals surface area contributed by atoms with E-state index in [4.69, 9.17) is 4.74 Å². The molecule has 0 saturated carbocycles. The van der Waals surface area contributed by atoms with E-state index in [1.807, 2.05) is 24.3 Å². The van der Waals surface area contributed by atoms with Gasteiger partial charge in [-0.2, -0.15) is 0 Å². The van der Waals surface area contributed by atoms with Crippen LogP contribution in [0.5, 0.6) is 5.75 Å². The summed E-state index contributed by atoms with van der Waals surface area (Å²) in [7, 11) is 0. The molecule has 0 aliphatic rings. The summed E-state index contributed by atoms with van der Waals surface area (Å²) in [4.78, 5) is 0. The normalized spacial score (nSPS) is 10.2. The van der Waals surface area contributed by atoms with Gasteiger partial charge in [0.05, 0.1) is 6.61 Å². The van der Waals surface area contributed by atoms with E-state index >= 15 is 0 Å². The monoisotopic (exact) mass is 255 g/mol. The Hall–Kier alpha value is -1.96. The Morgan fingerprint density at radius 3 is 2.63 bits per heavy atom. The van der Waals surface area contributed by atoms with Crippen molar-refractivity contribution in [1.82, 2.24) is 0 Å². The van der Waals surface area contributed by atoms with Gasteiger partial charge in [0.25, 0.3) is 0 Å². The van der Waals surface area contributed by atoms with Crippen LogP contribution in [0.25, 0.3) is 0 Å². The molecule has 100 valence electrons. The lowest BCUT2D eigenvalue weighted by Crippen LogP contribution is -2.07. The molecule has 0 fully saturated rings. The number of ether oxygens (including phenoxy) is 1. The molecule has 19 heavy (non-hydrogen) atoms. The number of para-hydroxylation sites is 1. The number of hydrogen-bond donors (Lipinski definition) is 1. The van der Waals surface area contributed by atoms with Gasteiger partial charge >= 0.3 is 0 Å². The fraction of sp³-hybridized carbons (Fsp3) is 0.294. The second-order valence-corrected chi connectivity index (χ2v) is 4.50. The first-order chi connectivity index (χ1) is 9.38. The predicted octanol–water partition coefficient (Wildman–Crippen LogP) is 4.13. The number of nitrogens with one attached hydrogen (secondary N) is 1. The third kappa shape index (κ3) is 4.66. The van der Waals surface area contributed by atoms with E-state index in [9.17, 15) is 0 Å². The molecule has 0 aliphatic carbocycles. The Morgan fingerprint density at radius 2 is 1.84 bits per heavy atom. The molecule has 0 aliphatic heterocycles. The number of aryl methyl sites for hydroxylation is 1. The second-order valence-electron chi connectivity index (χ2n) is 4.50. The van der Waals surface area contributed by atoms with E-state index in [0.29, 0.717) is 0 Å². The average molecular weight is 255 g/mol. The average Bonchev–Trinajstić information content (AvgIpc) is 2.48. The molecule has 2 heteroatoms. The highest BCUT2D eigenvalue weighted by Crippen LogP contribution is 2.13. The van der Waals surface area contributed by atoms with Crippen molar-refractivity contribution in [1.29, 1.82) is 0 Å². The van der Waals surface area contributed by atoms with Crippen LogP contribution in [0.4, 0.5) is 5.69 Å². The van der Waals surface area contributed by atoms with Crippen LogP contribution in [0.1, 0.15) is 18.9 Å². The first kappa shape index (κ1) is 13.5. The van der Waals surface area contributed by atoms with Crippen LogP contribution in [0.2, 0.25) is 0 Å². The van der Waals surface area contributed by atoms with Crippen molar-refractivity contribution in [3.8, 4) is 5.75 Å². The number of hydrogen-bond acceptors (Lipinski definition) is 2. The van der Waals surface area contributed by atoms with Crippen molar-refractivity contribution in [2.45, 2.75) is 19.8 Å². The lowest BCUT2D eigenvalue weighted by atomic mass is 10.2. The Kier molecular flexibility index (Phi) is 5.30. The molecule has 2 aromatic rings. The van der Waals surface area contributed by atoms with E-state index in [1.54, 1.807) is 0 Å². The maximum atomic E-state index is 5.75. The van der Waals surface area contributed by atoms with Crippen LogP contribution in [0, 0.1) is 0 Å². The molecule has 0 heterocycles. The van der Waals surface area contributed by atoms with Gasteiger partial charge in [0.15, 0.2) is 0 Å². The zero-order chi connectivity index (χ0) is 13.3. The van der Waals surface area contributed by atoms with E-state index in [0.717, 1.165) is 37.4 Å². The highest BCUT2D eigenvalue weighted by atomic mass is 16.5. The topological polar surface area (TPSA) is 21.3 Å². The summed E-state index contributed by atoms with van der Waals surface area (Å²) < 4.78 is 5.75. The summed E-state index contributed by atoms with van der Waals surface area (Å²) in [6.07, 6.45) is 2.04. The third-order valence-electron chi connectivity index (χ3n) is 3.00. The molecule has 0 atom stereocenters. The largest absolute Gasteiger partial charge is 0.494 e. The third-order valence-corrected chi connectivity index (χ3v) is 3.00. The molecule has 2 rings (SSSR count). The highest BCUT2D eigenvalue weighted by Gasteiger charge is 1.95. The Labute approximate surface area is 115 Å². The van der Waals surface area contributed by atoms with Gasteiger partial charge < -0.3 is 10.1 Å². The number of rotatable bonds is 7. The molecule has 2 aromatic carbocycles. The maximum absolute atomic E-state index is 5.75. The maximum Gasteiger partial charge on any atom is 0.119 e. The van der Waals surface area contributed by atoms with Crippen LogP contribution in [-0.4, -0.2) is 13.2 Å².